The Bertz CT molecular complexity index is 1150. The molecule has 0 radical (unpaired) electrons. The molecular formula is C26H24FNO5. The second kappa shape index (κ2) is 9.73. The molecule has 0 aliphatic carbocycles. The third kappa shape index (κ3) is 4.98. The van der Waals surface area contributed by atoms with Gasteiger partial charge in [-0.15, -0.1) is 0 Å². The van der Waals surface area contributed by atoms with E-state index >= 15 is 0 Å². The van der Waals surface area contributed by atoms with Gasteiger partial charge in [0.15, 0.2) is 11.5 Å². The molecule has 1 atom stereocenters. The van der Waals surface area contributed by atoms with Crippen LogP contribution in [0.2, 0.25) is 0 Å². The molecule has 1 N–H and O–H groups in total. The highest BCUT2D eigenvalue weighted by Gasteiger charge is 2.36. The number of hydrogen-bond donors (Lipinski definition) is 1. The van der Waals surface area contributed by atoms with Crippen molar-refractivity contribution in [1.29, 1.82) is 0 Å². The van der Waals surface area contributed by atoms with Gasteiger partial charge >= 0.3 is 5.97 Å². The van der Waals surface area contributed by atoms with Gasteiger partial charge < -0.3 is 19.5 Å². The van der Waals surface area contributed by atoms with Crippen LogP contribution in [0, 0.1) is 5.82 Å². The quantitative estimate of drug-likeness (QED) is 0.590. The van der Waals surface area contributed by atoms with E-state index < -0.39 is 17.8 Å². The van der Waals surface area contributed by atoms with Gasteiger partial charge in [0, 0.05) is 18.5 Å². The van der Waals surface area contributed by atoms with Crippen LogP contribution in [0.25, 0.3) is 0 Å². The van der Waals surface area contributed by atoms with E-state index in [4.69, 9.17) is 9.47 Å². The summed E-state index contributed by atoms with van der Waals surface area (Å²) in [5.41, 5.74) is 3.13. The number of hydrogen-bond acceptors (Lipinski definition) is 4. The van der Waals surface area contributed by atoms with E-state index in [9.17, 15) is 19.1 Å². The molecular weight excluding hydrogens is 425 g/mol. The number of carbonyl (C=O) groups is 2. The largest absolute Gasteiger partial charge is 0.493 e. The van der Waals surface area contributed by atoms with Gasteiger partial charge in [0.05, 0.1) is 13.5 Å². The normalized spacial score (nSPS) is 15.0. The Morgan fingerprint density at radius 3 is 2.42 bits per heavy atom. The summed E-state index contributed by atoms with van der Waals surface area (Å²) in [5.74, 6) is -0.804. The van der Waals surface area contributed by atoms with E-state index in [-0.39, 0.29) is 25.3 Å². The van der Waals surface area contributed by atoms with Crippen molar-refractivity contribution in [3.8, 4) is 11.5 Å². The molecule has 3 aromatic rings. The van der Waals surface area contributed by atoms with E-state index in [1.165, 1.54) is 36.3 Å². The number of methoxy groups -OCH3 is 1. The molecule has 1 aliphatic rings. The SMILES string of the molecule is COc1ccc2c(c1OCc1ccccc1)C[C@H](C(=O)O)N(C(=O)Cc1ccc(F)cc1)C2. The fourth-order valence-corrected chi connectivity index (χ4v) is 4.03. The molecule has 6 nitrogen and oxygen atoms in total. The lowest BCUT2D eigenvalue weighted by molar-refractivity contribution is -0.151. The van der Waals surface area contributed by atoms with Crippen LogP contribution >= 0.6 is 0 Å². The fraction of sp³-hybridized carbons (Fsp3) is 0.231. The Hall–Kier alpha value is -3.87. The number of benzene rings is 3. The number of carboxylic acids is 1. The molecule has 0 fully saturated rings. The summed E-state index contributed by atoms with van der Waals surface area (Å²) < 4.78 is 24.7. The topological polar surface area (TPSA) is 76.1 Å². The van der Waals surface area contributed by atoms with Crippen LogP contribution in [0.1, 0.15) is 22.3 Å². The number of aliphatic carboxylic acids is 1. The van der Waals surface area contributed by atoms with Crippen LogP contribution in [0.5, 0.6) is 11.5 Å². The zero-order valence-corrected chi connectivity index (χ0v) is 18.2. The third-order valence-electron chi connectivity index (χ3n) is 5.76. The number of carbonyl (C=O) groups excluding carboxylic acids is 1. The standard InChI is InChI=1S/C26H24FNO5/c1-32-23-12-9-19-15-28(24(29)13-17-7-10-20(27)11-8-17)22(26(30)31)14-21(19)25(23)33-16-18-5-3-2-4-6-18/h2-12,22H,13-16H2,1H3,(H,30,31)/t22-/m1/s1. The number of carboxylic acid groups (broad SMARTS) is 1. The van der Waals surface area contributed by atoms with Crippen molar-refractivity contribution < 1.29 is 28.6 Å². The van der Waals surface area contributed by atoms with Crippen LogP contribution in [-0.4, -0.2) is 35.0 Å². The molecule has 7 heteroatoms. The molecule has 0 unspecified atom stereocenters. The first kappa shape index (κ1) is 22.3. The van der Waals surface area contributed by atoms with Crippen molar-refractivity contribution in [3.05, 3.63) is 94.8 Å². The minimum Gasteiger partial charge on any atom is -0.493 e. The first-order valence-corrected chi connectivity index (χ1v) is 10.6. The van der Waals surface area contributed by atoms with Crippen LogP contribution < -0.4 is 9.47 Å². The van der Waals surface area contributed by atoms with Gasteiger partial charge in [-0.1, -0.05) is 48.5 Å². The van der Waals surface area contributed by atoms with E-state index in [0.29, 0.717) is 23.7 Å². The number of halogens is 1. The molecule has 170 valence electrons. The van der Waals surface area contributed by atoms with Crippen molar-refractivity contribution in [1.82, 2.24) is 4.90 Å². The summed E-state index contributed by atoms with van der Waals surface area (Å²) in [6, 6.07) is 17.8. The number of rotatable bonds is 7. The van der Waals surface area contributed by atoms with Crippen molar-refractivity contribution in [2.75, 3.05) is 7.11 Å². The van der Waals surface area contributed by atoms with Gasteiger partial charge in [0.25, 0.3) is 0 Å². The summed E-state index contributed by atoms with van der Waals surface area (Å²) in [7, 11) is 1.53. The summed E-state index contributed by atoms with van der Waals surface area (Å²) in [5, 5.41) is 9.90. The van der Waals surface area contributed by atoms with E-state index in [1.807, 2.05) is 36.4 Å². The maximum atomic E-state index is 13.2. The van der Waals surface area contributed by atoms with Crippen LogP contribution in [0.3, 0.4) is 0 Å². The second-order valence-corrected chi connectivity index (χ2v) is 7.89. The number of ether oxygens (including phenoxy) is 2. The molecule has 0 bridgehead atoms. The highest BCUT2D eigenvalue weighted by Crippen LogP contribution is 2.39. The highest BCUT2D eigenvalue weighted by molar-refractivity contribution is 5.86. The average Bonchev–Trinajstić information content (AvgIpc) is 2.83. The first-order valence-electron chi connectivity index (χ1n) is 10.6. The number of nitrogens with zero attached hydrogens (tertiary/aromatic N) is 1. The molecule has 1 aliphatic heterocycles. The maximum Gasteiger partial charge on any atom is 0.326 e. The number of fused-ring (bicyclic) bond motifs is 1. The summed E-state index contributed by atoms with van der Waals surface area (Å²) in [6.07, 6.45) is 0.0913. The zero-order chi connectivity index (χ0) is 23.4. The Balaban J connectivity index is 1.61. The number of amides is 1. The Labute approximate surface area is 191 Å². The molecule has 3 aromatic carbocycles. The highest BCUT2D eigenvalue weighted by atomic mass is 19.1. The smallest absolute Gasteiger partial charge is 0.326 e. The summed E-state index contributed by atoms with van der Waals surface area (Å²) in [4.78, 5) is 26.5. The van der Waals surface area contributed by atoms with Crippen molar-refractivity contribution in [2.24, 2.45) is 0 Å². The van der Waals surface area contributed by atoms with Crippen LogP contribution in [0.15, 0.2) is 66.7 Å². The summed E-state index contributed by atoms with van der Waals surface area (Å²) >= 11 is 0. The molecule has 4 rings (SSSR count). The second-order valence-electron chi connectivity index (χ2n) is 7.89. The minimum atomic E-state index is -1.09. The predicted molar refractivity (Wildman–Crippen MR) is 120 cm³/mol. The molecule has 0 saturated heterocycles. The van der Waals surface area contributed by atoms with Gasteiger partial charge in [-0.2, -0.15) is 0 Å². The molecule has 1 amide bonds. The lowest BCUT2D eigenvalue weighted by atomic mass is 9.92. The lowest BCUT2D eigenvalue weighted by Crippen LogP contribution is -2.49. The average molecular weight is 449 g/mol. The van der Waals surface area contributed by atoms with Gasteiger partial charge in [0.1, 0.15) is 18.5 Å². The van der Waals surface area contributed by atoms with Gasteiger partial charge in [-0.05, 0) is 34.9 Å². The molecule has 0 saturated carbocycles. The van der Waals surface area contributed by atoms with E-state index in [1.54, 1.807) is 6.07 Å². The Kier molecular flexibility index (Phi) is 6.58. The predicted octanol–water partition coefficient (Wildman–Crippen LogP) is 3.99. The van der Waals surface area contributed by atoms with Crippen molar-refractivity contribution >= 4 is 11.9 Å². The monoisotopic (exact) mass is 449 g/mol. The maximum absolute atomic E-state index is 13.2. The Morgan fingerprint density at radius 1 is 1.03 bits per heavy atom. The van der Waals surface area contributed by atoms with Crippen molar-refractivity contribution in [3.63, 3.8) is 0 Å². The molecule has 1 heterocycles. The molecule has 0 aromatic heterocycles. The Morgan fingerprint density at radius 2 is 1.76 bits per heavy atom. The minimum absolute atomic E-state index is 0.00703. The molecule has 0 spiro atoms. The lowest BCUT2D eigenvalue weighted by Gasteiger charge is -2.35. The van der Waals surface area contributed by atoms with Crippen LogP contribution in [0.4, 0.5) is 4.39 Å². The van der Waals surface area contributed by atoms with Gasteiger partial charge in [0.2, 0.25) is 5.91 Å². The summed E-state index contributed by atoms with van der Waals surface area (Å²) in [6.45, 7) is 0.441. The zero-order valence-electron chi connectivity index (χ0n) is 18.2. The van der Waals surface area contributed by atoms with Gasteiger partial charge in [-0.3, -0.25) is 4.79 Å². The molecule has 33 heavy (non-hydrogen) atoms. The van der Waals surface area contributed by atoms with E-state index in [0.717, 1.165) is 16.7 Å². The van der Waals surface area contributed by atoms with Gasteiger partial charge in [-0.25, -0.2) is 9.18 Å². The van der Waals surface area contributed by atoms with Crippen LogP contribution in [-0.2, 0) is 35.6 Å². The first-order chi connectivity index (χ1) is 16.0. The fourth-order valence-electron chi connectivity index (χ4n) is 4.03. The third-order valence-corrected chi connectivity index (χ3v) is 5.76. The van der Waals surface area contributed by atoms with E-state index in [2.05, 4.69) is 0 Å². The van der Waals surface area contributed by atoms with Crippen molar-refractivity contribution in [2.45, 2.75) is 32.0 Å².